The second kappa shape index (κ2) is 3.35. The van der Waals surface area contributed by atoms with Crippen molar-refractivity contribution in [1.29, 1.82) is 0 Å². The van der Waals surface area contributed by atoms with E-state index in [2.05, 4.69) is 0 Å². The fraction of sp³-hybridized carbons (Fsp3) is 0.455. The van der Waals surface area contributed by atoms with E-state index < -0.39 is 12.1 Å². The Morgan fingerprint density at radius 1 is 1.14 bits per heavy atom. The summed E-state index contributed by atoms with van der Waals surface area (Å²) in [6.07, 6.45) is -1.27. The average Bonchev–Trinajstić information content (AvgIpc) is 2.41. The normalized spacial score (nSPS) is 30.5. The van der Waals surface area contributed by atoms with Crippen molar-refractivity contribution < 1.29 is 14.6 Å². The van der Waals surface area contributed by atoms with E-state index in [9.17, 15) is 5.11 Å². The number of rotatable bonds is 1. The minimum absolute atomic E-state index is 0.383. The van der Waals surface area contributed by atoms with Crippen molar-refractivity contribution in [3.8, 4) is 0 Å². The van der Waals surface area contributed by atoms with Crippen LogP contribution < -0.4 is 0 Å². The van der Waals surface area contributed by atoms with Crippen molar-refractivity contribution in [1.82, 2.24) is 0 Å². The Bertz CT molecular complexity index is 308. The lowest BCUT2D eigenvalue weighted by Crippen LogP contribution is -2.21. The van der Waals surface area contributed by atoms with Gasteiger partial charge in [-0.1, -0.05) is 30.3 Å². The van der Waals surface area contributed by atoms with Gasteiger partial charge in [-0.15, -0.1) is 0 Å². The molecule has 76 valence electrons. The lowest BCUT2D eigenvalue weighted by molar-refractivity contribution is -0.174. The van der Waals surface area contributed by atoms with Crippen molar-refractivity contribution in [3.05, 3.63) is 35.9 Å². The summed E-state index contributed by atoms with van der Waals surface area (Å²) in [4.78, 5) is 0. The lowest BCUT2D eigenvalue weighted by atomic mass is 10.1. The van der Waals surface area contributed by atoms with Gasteiger partial charge in [0.15, 0.2) is 12.1 Å². The molecule has 0 aliphatic carbocycles. The molecule has 1 aromatic carbocycles. The van der Waals surface area contributed by atoms with Gasteiger partial charge >= 0.3 is 0 Å². The number of benzene rings is 1. The molecule has 0 saturated carbocycles. The van der Waals surface area contributed by atoms with Gasteiger partial charge in [-0.2, -0.15) is 0 Å². The first-order valence-electron chi connectivity index (χ1n) is 4.67. The van der Waals surface area contributed by atoms with Crippen LogP contribution in [0.25, 0.3) is 0 Å². The molecular weight excluding hydrogens is 180 g/mol. The van der Waals surface area contributed by atoms with Gasteiger partial charge in [-0.05, 0) is 19.4 Å². The third-order valence-corrected chi connectivity index (χ3v) is 2.20. The van der Waals surface area contributed by atoms with Crippen molar-refractivity contribution >= 4 is 0 Å². The van der Waals surface area contributed by atoms with E-state index in [1.807, 2.05) is 30.3 Å². The van der Waals surface area contributed by atoms with E-state index in [4.69, 9.17) is 9.47 Å². The fourth-order valence-electron chi connectivity index (χ4n) is 1.62. The van der Waals surface area contributed by atoms with Crippen LogP contribution in [0.2, 0.25) is 0 Å². The molecule has 0 aromatic heterocycles. The summed E-state index contributed by atoms with van der Waals surface area (Å²) in [6.45, 7) is 3.58. The highest BCUT2D eigenvalue weighted by molar-refractivity contribution is 5.18. The molecule has 3 heteroatoms. The predicted octanol–water partition coefficient (Wildman–Crippen LogP) is 1.83. The number of ether oxygens (including phenoxy) is 2. The molecule has 1 fully saturated rings. The molecule has 1 aliphatic heterocycles. The number of hydrogen-bond acceptors (Lipinski definition) is 3. The maximum Gasteiger partial charge on any atom is 0.188 e. The van der Waals surface area contributed by atoms with Crippen LogP contribution >= 0.6 is 0 Å². The standard InChI is InChI=1S/C11H14O3/c1-11(2)13-9(10(12)14-11)8-6-4-3-5-7-8/h3-7,9-10,12H,1-2H3/t9-,10?/m1/s1. The first-order chi connectivity index (χ1) is 6.58. The van der Waals surface area contributed by atoms with E-state index in [1.165, 1.54) is 0 Å². The van der Waals surface area contributed by atoms with E-state index >= 15 is 0 Å². The predicted molar refractivity (Wildman–Crippen MR) is 51.4 cm³/mol. The zero-order chi connectivity index (χ0) is 10.2. The molecule has 0 bridgehead atoms. The number of aliphatic hydroxyl groups excluding tert-OH is 1. The Hall–Kier alpha value is -0.900. The van der Waals surface area contributed by atoms with Gasteiger partial charge in [0.05, 0.1) is 0 Å². The molecular formula is C11H14O3. The Morgan fingerprint density at radius 2 is 1.79 bits per heavy atom. The maximum absolute atomic E-state index is 9.63. The first kappa shape index (κ1) is 9.65. The van der Waals surface area contributed by atoms with Gasteiger partial charge in [0.2, 0.25) is 0 Å². The smallest absolute Gasteiger partial charge is 0.188 e. The summed E-state index contributed by atoms with van der Waals surface area (Å²) in [5.41, 5.74) is 0.936. The van der Waals surface area contributed by atoms with Crippen molar-refractivity contribution in [3.63, 3.8) is 0 Å². The second-order valence-electron chi connectivity index (χ2n) is 3.86. The molecule has 0 amide bonds. The van der Waals surface area contributed by atoms with Crippen molar-refractivity contribution in [2.75, 3.05) is 0 Å². The molecule has 0 radical (unpaired) electrons. The zero-order valence-corrected chi connectivity index (χ0v) is 8.31. The molecule has 3 nitrogen and oxygen atoms in total. The van der Waals surface area contributed by atoms with Gasteiger partial charge in [0.1, 0.15) is 6.10 Å². The van der Waals surface area contributed by atoms with E-state index in [0.717, 1.165) is 5.56 Å². The molecule has 1 heterocycles. The minimum Gasteiger partial charge on any atom is -0.365 e. The van der Waals surface area contributed by atoms with Crippen LogP contribution in [0.4, 0.5) is 0 Å². The van der Waals surface area contributed by atoms with Gasteiger partial charge in [0, 0.05) is 0 Å². The summed E-state index contributed by atoms with van der Waals surface area (Å²) >= 11 is 0. The zero-order valence-electron chi connectivity index (χ0n) is 8.31. The largest absolute Gasteiger partial charge is 0.365 e. The van der Waals surface area contributed by atoms with Crippen LogP contribution in [0.15, 0.2) is 30.3 Å². The Labute approximate surface area is 83.3 Å². The van der Waals surface area contributed by atoms with Crippen LogP contribution in [0.3, 0.4) is 0 Å². The number of aliphatic hydroxyl groups is 1. The average molecular weight is 194 g/mol. The third-order valence-electron chi connectivity index (χ3n) is 2.20. The first-order valence-corrected chi connectivity index (χ1v) is 4.67. The summed E-state index contributed by atoms with van der Waals surface area (Å²) in [7, 11) is 0. The monoisotopic (exact) mass is 194 g/mol. The molecule has 1 unspecified atom stereocenters. The fourth-order valence-corrected chi connectivity index (χ4v) is 1.62. The van der Waals surface area contributed by atoms with Gasteiger partial charge in [-0.3, -0.25) is 0 Å². The highest BCUT2D eigenvalue weighted by Gasteiger charge is 2.40. The highest BCUT2D eigenvalue weighted by Crippen LogP contribution is 2.36. The third kappa shape index (κ3) is 1.80. The van der Waals surface area contributed by atoms with Crippen LogP contribution in [-0.4, -0.2) is 17.2 Å². The SMILES string of the molecule is CC1(C)OC(O)[C@@H](c2ccccc2)O1. The summed E-state index contributed by atoms with van der Waals surface area (Å²) in [6, 6.07) is 9.58. The Kier molecular flexibility index (Phi) is 2.31. The Balaban J connectivity index is 2.21. The topological polar surface area (TPSA) is 38.7 Å². The summed E-state index contributed by atoms with van der Waals surface area (Å²) < 4.78 is 10.8. The van der Waals surface area contributed by atoms with Crippen LogP contribution in [0, 0.1) is 0 Å². The van der Waals surface area contributed by atoms with Crippen LogP contribution in [0.1, 0.15) is 25.5 Å². The van der Waals surface area contributed by atoms with Gasteiger partial charge < -0.3 is 14.6 Å². The van der Waals surface area contributed by atoms with E-state index in [0.29, 0.717) is 0 Å². The minimum atomic E-state index is -0.882. The van der Waals surface area contributed by atoms with Crippen LogP contribution in [0.5, 0.6) is 0 Å². The molecule has 1 aromatic rings. The molecule has 0 spiro atoms. The second-order valence-corrected chi connectivity index (χ2v) is 3.86. The molecule has 14 heavy (non-hydrogen) atoms. The van der Waals surface area contributed by atoms with Crippen LogP contribution in [-0.2, 0) is 9.47 Å². The molecule has 2 atom stereocenters. The summed E-state index contributed by atoms with van der Waals surface area (Å²) in [5, 5.41) is 9.63. The molecule has 1 saturated heterocycles. The summed E-state index contributed by atoms with van der Waals surface area (Å²) in [5.74, 6) is -0.708. The van der Waals surface area contributed by atoms with E-state index in [-0.39, 0.29) is 6.10 Å². The molecule has 2 rings (SSSR count). The highest BCUT2D eigenvalue weighted by atomic mass is 16.8. The Morgan fingerprint density at radius 3 is 2.29 bits per heavy atom. The quantitative estimate of drug-likeness (QED) is 0.741. The van der Waals surface area contributed by atoms with E-state index in [1.54, 1.807) is 13.8 Å². The van der Waals surface area contributed by atoms with Crippen molar-refractivity contribution in [2.24, 2.45) is 0 Å². The van der Waals surface area contributed by atoms with Gasteiger partial charge in [-0.25, -0.2) is 0 Å². The lowest BCUT2D eigenvalue weighted by Gasteiger charge is -2.16. The molecule has 1 N–H and O–H groups in total. The molecule has 1 aliphatic rings. The van der Waals surface area contributed by atoms with Gasteiger partial charge in [0.25, 0.3) is 0 Å². The number of hydrogen-bond donors (Lipinski definition) is 1. The maximum atomic E-state index is 9.63. The van der Waals surface area contributed by atoms with Crippen molar-refractivity contribution in [2.45, 2.75) is 32.0 Å².